The summed E-state index contributed by atoms with van der Waals surface area (Å²) in [5.74, 6) is -2.53. The molecular weight excluding hydrogens is 282 g/mol. The number of hydrogen-bond donors (Lipinski definition) is 1. The van der Waals surface area contributed by atoms with Gasteiger partial charge in [0, 0.05) is 11.6 Å². The van der Waals surface area contributed by atoms with Gasteiger partial charge >= 0.3 is 11.9 Å². The molecule has 2 unspecified atom stereocenters. The second-order valence-electron chi connectivity index (χ2n) is 4.87. The normalized spacial score (nSPS) is 20.5. The van der Waals surface area contributed by atoms with Gasteiger partial charge in [-0.2, -0.15) is 0 Å². The molecule has 0 fully saturated rings. The third kappa shape index (κ3) is 3.08. The molecule has 0 saturated heterocycles. The molecule has 2 atom stereocenters. The molecule has 22 heavy (non-hydrogen) atoms. The molecule has 5 nitrogen and oxygen atoms in total. The van der Waals surface area contributed by atoms with Crippen LogP contribution in [-0.4, -0.2) is 30.9 Å². The molecule has 0 spiro atoms. The molecule has 0 saturated carbocycles. The zero-order valence-corrected chi connectivity index (χ0v) is 12.7. The second-order valence-corrected chi connectivity index (χ2v) is 4.87. The Balaban J connectivity index is 2.37. The number of rotatable bonds is 5. The van der Waals surface area contributed by atoms with Crippen LogP contribution in [0.15, 0.2) is 42.0 Å². The van der Waals surface area contributed by atoms with Crippen LogP contribution in [0, 0.1) is 11.3 Å². The molecule has 1 N–H and O–H groups in total. The third-order valence-electron chi connectivity index (χ3n) is 3.50. The first-order chi connectivity index (χ1) is 10.6. The zero-order chi connectivity index (χ0) is 16.1. The van der Waals surface area contributed by atoms with Gasteiger partial charge in [0.25, 0.3) is 0 Å². The van der Waals surface area contributed by atoms with Gasteiger partial charge in [-0.3, -0.25) is 4.79 Å². The number of esters is 2. The molecule has 0 aliphatic heterocycles. The SMILES string of the molecule is CCOC(=O)C1=CC(c2ccccc2)C(=N)C1C(=O)OCC. The van der Waals surface area contributed by atoms with Crippen molar-refractivity contribution < 1.29 is 19.1 Å². The topological polar surface area (TPSA) is 76.5 Å². The lowest BCUT2D eigenvalue weighted by molar-refractivity contribution is -0.147. The number of nitrogens with one attached hydrogen (secondary N) is 1. The minimum atomic E-state index is -0.982. The molecule has 2 rings (SSSR count). The van der Waals surface area contributed by atoms with E-state index in [4.69, 9.17) is 14.9 Å². The average molecular weight is 301 g/mol. The predicted molar refractivity (Wildman–Crippen MR) is 81.7 cm³/mol. The Morgan fingerprint density at radius 2 is 1.73 bits per heavy atom. The predicted octanol–water partition coefficient (Wildman–Crippen LogP) is 2.47. The molecule has 0 radical (unpaired) electrons. The zero-order valence-electron chi connectivity index (χ0n) is 12.7. The highest BCUT2D eigenvalue weighted by Gasteiger charge is 2.42. The van der Waals surface area contributed by atoms with Crippen molar-refractivity contribution >= 4 is 17.7 Å². The summed E-state index contributed by atoms with van der Waals surface area (Å²) in [5, 5.41) is 8.30. The lowest BCUT2D eigenvalue weighted by Gasteiger charge is -2.15. The monoisotopic (exact) mass is 301 g/mol. The lowest BCUT2D eigenvalue weighted by atomic mass is 9.92. The number of carbonyl (C=O) groups is 2. The molecule has 5 heteroatoms. The largest absolute Gasteiger partial charge is 0.465 e. The highest BCUT2D eigenvalue weighted by Crippen LogP contribution is 2.35. The molecule has 0 amide bonds. The van der Waals surface area contributed by atoms with Gasteiger partial charge in [0.05, 0.1) is 18.8 Å². The van der Waals surface area contributed by atoms with E-state index < -0.39 is 23.8 Å². The van der Waals surface area contributed by atoms with Gasteiger partial charge in [0.1, 0.15) is 5.92 Å². The average Bonchev–Trinajstić information content (AvgIpc) is 2.86. The van der Waals surface area contributed by atoms with E-state index in [9.17, 15) is 9.59 Å². The number of allylic oxidation sites excluding steroid dienone is 1. The summed E-state index contributed by atoms with van der Waals surface area (Å²) in [6.07, 6.45) is 1.64. The quantitative estimate of drug-likeness (QED) is 0.848. The number of carbonyl (C=O) groups excluding carboxylic acids is 2. The fourth-order valence-corrected chi connectivity index (χ4v) is 2.53. The molecule has 1 aliphatic rings. The van der Waals surface area contributed by atoms with E-state index in [0.717, 1.165) is 5.56 Å². The van der Waals surface area contributed by atoms with E-state index in [1.165, 1.54) is 0 Å². The van der Waals surface area contributed by atoms with Crippen LogP contribution in [0.4, 0.5) is 0 Å². The summed E-state index contributed by atoms with van der Waals surface area (Å²) in [6.45, 7) is 3.81. The van der Waals surface area contributed by atoms with Crippen LogP contribution < -0.4 is 0 Å². The van der Waals surface area contributed by atoms with Crippen molar-refractivity contribution in [2.24, 2.45) is 5.92 Å². The number of ether oxygens (including phenoxy) is 2. The van der Waals surface area contributed by atoms with E-state index >= 15 is 0 Å². The van der Waals surface area contributed by atoms with Crippen molar-refractivity contribution in [3.05, 3.63) is 47.5 Å². The number of benzene rings is 1. The van der Waals surface area contributed by atoms with Gasteiger partial charge in [-0.1, -0.05) is 36.4 Å². The summed E-state index contributed by atoms with van der Waals surface area (Å²) in [4.78, 5) is 24.2. The first-order valence-corrected chi connectivity index (χ1v) is 7.28. The first-order valence-electron chi connectivity index (χ1n) is 7.28. The van der Waals surface area contributed by atoms with Crippen molar-refractivity contribution in [2.75, 3.05) is 13.2 Å². The van der Waals surface area contributed by atoms with Crippen LogP contribution in [0.1, 0.15) is 25.3 Å². The van der Waals surface area contributed by atoms with Crippen LogP contribution in [-0.2, 0) is 19.1 Å². The third-order valence-corrected chi connectivity index (χ3v) is 3.50. The second kappa shape index (κ2) is 7.02. The molecule has 116 valence electrons. The van der Waals surface area contributed by atoms with Crippen molar-refractivity contribution in [3.8, 4) is 0 Å². The van der Waals surface area contributed by atoms with Gasteiger partial charge in [0.15, 0.2) is 0 Å². The van der Waals surface area contributed by atoms with Crippen LogP contribution in [0.25, 0.3) is 0 Å². The van der Waals surface area contributed by atoms with Crippen molar-refractivity contribution in [3.63, 3.8) is 0 Å². The fraction of sp³-hybridized carbons (Fsp3) is 0.353. The summed E-state index contributed by atoms with van der Waals surface area (Å²) >= 11 is 0. The van der Waals surface area contributed by atoms with Gasteiger partial charge in [-0.05, 0) is 19.4 Å². The van der Waals surface area contributed by atoms with Gasteiger partial charge in [-0.15, -0.1) is 0 Å². The molecule has 1 aromatic carbocycles. The van der Waals surface area contributed by atoms with E-state index in [2.05, 4.69) is 0 Å². The molecule has 0 bridgehead atoms. The highest BCUT2D eigenvalue weighted by atomic mass is 16.5. The Morgan fingerprint density at radius 1 is 1.09 bits per heavy atom. The lowest BCUT2D eigenvalue weighted by Crippen LogP contribution is -2.29. The fourth-order valence-electron chi connectivity index (χ4n) is 2.53. The minimum absolute atomic E-state index is 0.146. The Hall–Kier alpha value is -2.43. The summed E-state index contributed by atoms with van der Waals surface area (Å²) in [6, 6.07) is 9.33. The molecule has 1 aliphatic carbocycles. The minimum Gasteiger partial charge on any atom is -0.465 e. The maximum absolute atomic E-state index is 12.1. The van der Waals surface area contributed by atoms with Crippen LogP contribution >= 0.6 is 0 Å². The van der Waals surface area contributed by atoms with Crippen LogP contribution in [0.2, 0.25) is 0 Å². The van der Waals surface area contributed by atoms with Crippen molar-refractivity contribution in [1.29, 1.82) is 5.41 Å². The Morgan fingerprint density at radius 3 is 2.32 bits per heavy atom. The Kier molecular flexibility index (Phi) is 5.09. The number of hydrogen-bond acceptors (Lipinski definition) is 5. The van der Waals surface area contributed by atoms with Crippen LogP contribution in [0.3, 0.4) is 0 Å². The molecule has 0 heterocycles. The Bertz CT molecular complexity index is 606. The van der Waals surface area contributed by atoms with E-state index in [0.29, 0.717) is 0 Å². The molecular formula is C17H19NO4. The molecule has 0 aromatic heterocycles. The summed E-state index contributed by atoms with van der Waals surface area (Å²) in [5.41, 5.74) is 1.20. The summed E-state index contributed by atoms with van der Waals surface area (Å²) in [7, 11) is 0. The van der Waals surface area contributed by atoms with Gasteiger partial charge in [-0.25, -0.2) is 4.79 Å². The summed E-state index contributed by atoms with van der Waals surface area (Å²) < 4.78 is 10.0. The maximum atomic E-state index is 12.1. The van der Waals surface area contributed by atoms with Crippen molar-refractivity contribution in [1.82, 2.24) is 0 Å². The van der Waals surface area contributed by atoms with Gasteiger partial charge in [0.2, 0.25) is 0 Å². The van der Waals surface area contributed by atoms with E-state index in [1.54, 1.807) is 19.9 Å². The molecule has 1 aromatic rings. The van der Waals surface area contributed by atoms with Crippen LogP contribution in [0.5, 0.6) is 0 Å². The van der Waals surface area contributed by atoms with Crippen molar-refractivity contribution in [2.45, 2.75) is 19.8 Å². The Labute approximate surface area is 129 Å². The van der Waals surface area contributed by atoms with E-state index in [1.807, 2.05) is 30.3 Å². The van der Waals surface area contributed by atoms with E-state index in [-0.39, 0.29) is 24.5 Å². The highest BCUT2D eigenvalue weighted by molar-refractivity contribution is 6.16. The standard InChI is InChI=1S/C17H19NO4/c1-3-21-16(19)13-10-12(11-8-6-5-7-9-11)15(18)14(13)17(20)22-4-2/h5-10,12,14,18H,3-4H2,1-2H3. The van der Waals surface area contributed by atoms with Gasteiger partial charge < -0.3 is 14.9 Å². The first kappa shape index (κ1) is 15.9. The smallest absolute Gasteiger partial charge is 0.334 e. The maximum Gasteiger partial charge on any atom is 0.334 e.